The zero-order valence-electron chi connectivity index (χ0n) is 6.91. The second kappa shape index (κ2) is 3.20. The summed E-state index contributed by atoms with van der Waals surface area (Å²) in [5.74, 6) is 1.21. The topological polar surface area (TPSA) is 60.2 Å². The minimum atomic E-state index is 0.323. The van der Waals surface area contributed by atoms with Gasteiger partial charge in [-0.2, -0.15) is 4.98 Å². The summed E-state index contributed by atoms with van der Waals surface area (Å²) < 4.78 is 10.2. The maximum Gasteiger partial charge on any atom is 0.223 e. The molecule has 0 spiro atoms. The highest BCUT2D eigenvalue weighted by atomic mass is 16.5. The molecule has 1 fully saturated rings. The lowest BCUT2D eigenvalue weighted by molar-refractivity contribution is 0.00368. The van der Waals surface area contributed by atoms with Crippen molar-refractivity contribution in [3.63, 3.8) is 0 Å². The number of aryl methyl sites for hydroxylation is 1. The van der Waals surface area contributed by atoms with Crippen molar-refractivity contribution < 1.29 is 9.26 Å². The molecular formula is C7H11N3O2. The average Bonchev–Trinajstić information content (AvgIpc) is 2.32. The van der Waals surface area contributed by atoms with Crippen LogP contribution in [0.3, 0.4) is 0 Å². The smallest absolute Gasteiger partial charge is 0.223 e. The molecule has 12 heavy (non-hydrogen) atoms. The molecule has 2 rings (SSSR count). The van der Waals surface area contributed by atoms with E-state index >= 15 is 0 Å². The van der Waals surface area contributed by atoms with Gasteiger partial charge in [0, 0.05) is 20.0 Å². The lowest BCUT2D eigenvalue weighted by Gasteiger charge is -2.26. The van der Waals surface area contributed by atoms with E-state index in [1.165, 1.54) is 0 Å². The van der Waals surface area contributed by atoms with Crippen LogP contribution >= 0.6 is 0 Å². The first-order valence-corrected chi connectivity index (χ1v) is 3.96. The zero-order chi connectivity index (χ0) is 8.39. The normalized spacial score (nSPS) is 17.8. The molecule has 0 aromatic carbocycles. The summed E-state index contributed by atoms with van der Waals surface area (Å²) in [5.41, 5.74) is 0. The quantitative estimate of drug-likeness (QED) is 0.682. The lowest BCUT2D eigenvalue weighted by Crippen LogP contribution is -2.48. The summed E-state index contributed by atoms with van der Waals surface area (Å²) in [6, 6.07) is 0. The minimum absolute atomic E-state index is 0.323. The summed E-state index contributed by atoms with van der Waals surface area (Å²) >= 11 is 0. The molecule has 1 saturated heterocycles. The van der Waals surface area contributed by atoms with Crippen molar-refractivity contribution in [3.05, 3.63) is 11.7 Å². The minimum Gasteiger partial charge on any atom is -0.367 e. The SMILES string of the molecule is Cc1nc(COC2CNC2)no1. The van der Waals surface area contributed by atoms with Crippen molar-refractivity contribution >= 4 is 0 Å². The summed E-state index contributed by atoms with van der Waals surface area (Å²) in [4.78, 5) is 4.02. The number of nitrogens with one attached hydrogen (secondary N) is 1. The summed E-state index contributed by atoms with van der Waals surface area (Å²) in [6.45, 7) is 4.07. The van der Waals surface area contributed by atoms with E-state index in [9.17, 15) is 0 Å². The Kier molecular flexibility index (Phi) is 2.05. The van der Waals surface area contributed by atoms with Crippen molar-refractivity contribution in [3.8, 4) is 0 Å². The van der Waals surface area contributed by atoms with Gasteiger partial charge in [-0.15, -0.1) is 0 Å². The molecule has 5 nitrogen and oxygen atoms in total. The third-order valence-corrected chi connectivity index (χ3v) is 1.76. The highest BCUT2D eigenvalue weighted by Crippen LogP contribution is 2.03. The van der Waals surface area contributed by atoms with Gasteiger partial charge < -0.3 is 14.6 Å². The molecule has 0 atom stereocenters. The highest BCUT2D eigenvalue weighted by molar-refractivity contribution is 4.82. The molecule has 0 bridgehead atoms. The Labute approximate surface area is 70.1 Å². The molecule has 1 aliphatic rings. The van der Waals surface area contributed by atoms with Crippen molar-refractivity contribution in [1.29, 1.82) is 0 Å². The molecule has 1 N–H and O–H groups in total. The molecule has 0 amide bonds. The molecule has 0 unspecified atom stereocenters. The van der Waals surface area contributed by atoms with E-state index in [1.54, 1.807) is 6.92 Å². The molecule has 0 saturated carbocycles. The Morgan fingerprint density at radius 1 is 1.67 bits per heavy atom. The van der Waals surface area contributed by atoms with Gasteiger partial charge >= 0.3 is 0 Å². The van der Waals surface area contributed by atoms with Crippen molar-refractivity contribution in [2.45, 2.75) is 19.6 Å². The first-order valence-electron chi connectivity index (χ1n) is 3.96. The largest absolute Gasteiger partial charge is 0.367 e. The van der Waals surface area contributed by atoms with Gasteiger partial charge in [-0.3, -0.25) is 0 Å². The van der Waals surface area contributed by atoms with Gasteiger partial charge in [-0.25, -0.2) is 0 Å². The Balaban J connectivity index is 1.79. The molecule has 1 aliphatic heterocycles. The van der Waals surface area contributed by atoms with Gasteiger partial charge in [0.1, 0.15) is 6.61 Å². The standard InChI is InChI=1S/C7H11N3O2/c1-5-9-7(10-12-5)4-11-6-2-8-3-6/h6,8H,2-4H2,1H3. The summed E-state index contributed by atoms with van der Waals surface area (Å²) in [5, 5.41) is 6.83. The van der Waals surface area contributed by atoms with Crippen LogP contribution in [-0.4, -0.2) is 29.3 Å². The second-order valence-electron chi connectivity index (χ2n) is 2.82. The van der Waals surface area contributed by atoms with Crippen LogP contribution in [0.25, 0.3) is 0 Å². The first-order chi connectivity index (χ1) is 5.84. The van der Waals surface area contributed by atoms with Crippen molar-refractivity contribution in [2.24, 2.45) is 0 Å². The van der Waals surface area contributed by atoms with Crippen LogP contribution in [0.5, 0.6) is 0 Å². The molecular weight excluding hydrogens is 158 g/mol. The Morgan fingerprint density at radius 2 is 2.50 bits per heavy atom. The van der Waals surface area contributed by atoms with Crippen LogP contribution in [-0.2, 0) is 11.3 Å². The van der Waals surface area contributed by atoms with Gasteiger partial charge in [0.2, 0.25) is 5.89 Å². The summed E-state index contributed by atoms with van der Waals surface area (Å²) in [7, 11) is 0. The van der Waals surface area contributed by atoms with Crippen molar-refractivity contribution in [2.75, 3.05) is 13.1 Å². The van der Waals surface area contributed by atoms with E-state index in [1.807, 2.05) is 0 Å². The maximum absolute atomic E-state index is 5.43. The predicted octanol–water partition coefficient (Wildman–Crippen LogP) is -0.134. The zero-order valence-corrected chi connectivity index (χ0v) is 6.91. The number of hydrogen-bond acceptors (Lipinski definition) is 5. The molecule has 2 heterocycles. The number of nitrogens with zero attached hydrogens (tertiary/aromatic N) is 2. The van der Waals surface area contributed by atoms with Gasteiger partial charge in [0.15, 0.2) is 5.82 Å². The highest BCUT2D eigenvalue weighted by Gasteiger charge is 2.17. The number of hydrogen-bond donors (Lipinski definition) is 1. The Hall–Kier alpha value is -0.940. The van der Waals surface area contributed by atoms with E-state index in [-0.39, 0.29) is 0 Å². The Morgan fingerprint density at radius 3 is 3.00 bits per heavy atom. The van der Waals surface area contributed by atoms with E-state index < -0.39 is 0 Å². The molecule has 0 radical (unpaired) electrons. The molecule has 0 aliphatic carbocycles. The van der Waals surface area contributed by atoms with E-state index in [0.717, 1.165) is 13.1 Å². The van der Waals surface area contributed by atoms with Crippen LogP contribution < -0.4 is 5.32 Å². The fourth-order valence-electron chi connectivity index (χ4n) is 0.972. The average molecular weight is 169 g/mol. The number of rotatable bonds is 3. The van der Waals surface area contributed by atoms with Gasteiger partial charge in [-0.1, -0.05) is 5.16 Å². The van der Waals surface area contributed by atoms with Crippen LogP contribution in [0.15, 0.2) is 4.52 Å². The number of ether oxygens (including phenoxy) is 1. The Bertz CT molecular complexity index is 257. The molecule has 5 heteroatoms. The predicted molar refractivity (Wildman–Crippen MR) is 40.5 cm³/mol. The second-order valence-corrected chi connectivity index (χ2v) is 2.82. The van der Waals surface area contributed by atoms with Crippen LogP contribution in [0.1, 0.15) is 11.7 Å². The van der Waals surface area contributed by atoms with Crippen LogP contribution in [0.2, 0.25) is 0 Å². The van der Waals surface area contributed by atoms with Gasteiger partial charge in [0.05, 0.1) is 6.10 Å². The van der Waals surface area contributed by atoms with E-state index in [4.69, 9.17) is 9.26 Å². The third-order valence-electron chi connectivity index (χ3n) is 1.76. The number of aromatic nitrogens is 2. The van der Waals surface area contributed by atoms with Crippen LogP contribution in [0, 0.1) is 6.92 Å². The molecule has 1 aromatic rings. The fraction of sp³-hybridized carbons (Fsp3) is 0.714. The van der Waals surface area contributed by atoms with E-state index in [0.29, 0.717) is 24.4 Å². The maximum atomic E-state index is 5.43. The molecule has 66 valence electrons. The monoisotopic (exact) mass is 169 g/mol. The van der Waals surface area contributed by atoms with Gasteiger partial charge in [-0.05, 0) is 0 Å². The van der Waals surface area contributed by atoms with Gasteiger partial charge in [0.25, 0.3) is 0 Å². The molecule has 1 aromatic heterocycles. The third kappa shape index (κ3) is 1.62. The van der Waals surface area contributed by atoms with Crippen LogP contribution in [0.4, 0.5) is 0 Å². The fourth-order valence-corrected chi connectivity index (χ4v) is 0.972. The lowest BCUT2D eigenvalue weighted by atomic mass is 10.2. The van der Waals surface area contributed by atoms with Crippen molar-refractivity contribution in [1.82, 2.24) is 15.5 Å². The van der Waals surface area contributed by atoms with E-state index in [2.05, 4.69) is 15.5 Å². The summed E-state index contributed by atoms with van der Waals surface area (Å²) in [6.07, 6.45) is 0.323. The first kappa shape index (κ1) is 7.70.